The van der Waals surface area contributed by atoms with Crippen LogP contribution in [0.1, 0.15) is 18.4 Å². The summed E-state index contributed by atoms with van der Waals surface area (Å²) < 4.78 is 7.05. The van der Waals surface area contributed by atoms with Gasteiger partial charge in [0, 0.05) is 26.2 Å². The molecular weight excluding hydrogens is 351 g/mol. The zero-order chi connectivity index (χ0) is 13.5. The van der Waals surface area contributed by atoms with E-state index >= 15 is 0 Å². The van der Waals surface area contributed by atoms with Crippen LogP contribution in [0.4, 0.5) is 0 Å². The number of hydrogen-bond acceptors (Lipinski definition) is 3. The molecule has 4 heteroatoms. The van der Waals surface area contributed by atoms with Crippen molar-refractivity contribution >= 4 is 22.6 Å². The summed E-state index contributed by atoms with van der Waals surface area (Å²) in [6.45, 7) is 8.80. The van der Waals surface area contributed by atoms with Gasteiger partial charge in [-0.25, -0.2) is 0 Å². The molecule has 0 atom stereocenters. The molecule has 1 aromatic rings. The molecule has 0 spiro atoms. The first kappa shape index (κ1) is 15.1. The first-order valence-electron chi connectivity index (χ1n) is 7.08. The summed E-state index contributed by atoms with van der Waals surface area (Å²) in [5, 5.41) is 3.38. The minimum Gasteiger partial charge on any atom is -0.492 e. The van der Waals surface area contributed by atoms with Crippen molar-refractivity contribution in [2.24, 2.45) is 0 Å². The predicted octanol–water partition coefficient (Wildman–Crippen LogP) is 2.66. The summed E-state index contributed by atoms with van der Waals surface area (Å²) in [6.07, 6.45) is 2.36. The van der Waals surface area contributed by atoms with Crippen LogP contribution in [0.5, 0.6) is 5.75 Å². The molecule has 1 heterocycles. The van der Waals surface area contributed by atoms with E-state index in [-0.39, 0.29) is 0 Å². The minimum atomic E-state index is 0.825. The maximum absolute atomic E-state index is 5.84. The molecule has 1 aliphatic heterocycles. The van der Waals surface area contributed by atoms with Gasteiger partial charge in [0.05, 0.1) is 10.2 Å². The molecule has 0 aliphatic carbocycles. The molecule has 106 valence electrons. The largest absolute Gasteiger partial charge is 0.492 e. The van der Waals surface area contributed by atoms with Gasteiger partial charge in [-0.3, -0.25) is 0 Å². The number of nitrogens with one attached hydrogen (secondary N) is 1. The van der Waals surface area contributed by atoms with Gasteiger partial charge in [0.1, 0.15) is 5.75 Å². The molecule has 0 radical (unpaired) electrons. The fourth-order valence-electron chi connectivity index (χ4n) is 2.28. The van der Waals surface area contributed by atoms with Crippen molar-refractivity contribution in [3.05, 3.63) is 27.3 Å². The van der Waals surface area contributed by atoms with Gasteiger partial charge in [0.15, 0.2) is 0 Å². The normalized spacial score (nSPS) is 16.5. The van der Waals surface area contributed by atoms with E-state index < -0.39 is 0 Å². The second kappa shape index (κ2) is 8.07. The highest BCUT2D eigenvalue weighted by atomic mass is 127. The summed E-state index contributed by atoms with van der Waals surface area (Å²) in [5.41, 5.74) is 1.29. The number of benzene rings is 1. The number of ether oxygens (including phenoxy) is 1. The molecule has 0 bridgehead atoms. The lowest BCUT2D eigenvalue weighted by Crippen LogP contribution is -2.43. The van der Waals surface area contributed by atoms with E-state index in [1.807, 2.05) is 0 Å². The van der Waals surface area contributed by atoms with Crippen LogP contribution in [0.15, 0.2) is 18.2 Å². The Morgan fingerprint density at radius 1 is 1.26 bits per heavy atom. The molecule has 0 unspecified atom stereocenters. The highest BCUT2D eigenvalue weighted by Crippen LogP contribution is 2.21. The van der Waals surface area contributed by atoms with Gasteiger partial charge in [0.25, 0.3) is 0 Å². The third-order valence-corrected chi connectivity index (χ3v) is 4.27. The van der Waals surface area contributed by atoms with Crippen molar-refractivity contribution in [3.63, 3.8) is 0 Å². The Hall–Kier alpha value is -0.330. The van der Waals surface area contributed by atoms with E-state index in [0.717, 1.165) is 31.9 Å². The Balaban J connectivity index is 1.61. The number of unbranched alkanes of at least 4 members (excludes halogenated alkanes) is 1. The van der Waals surface area contributed by atoms with Crippen molar-refractivity contribution in [2.45, 2.75) is 19.8 Å². The lowest BCUT2D eigenvalue weighted by molar-refractivity contribution is 0.226. The van der Waals surface area contributed by atoms with E-state index in [0.29, 0.717) is 0 Å². The molecule has 3 nitrogen and oxygen atoms in total. The average Bonchev–Trinajstić information content (AvgIpc) is 2.42. The highest BCUT2D eigenvalue weighted by Gasteiger charge is 2.08. The van der Waals surface area contributed by atoms with Crippen molar-refractivity contribution in [2.75, 3.05) is 39.3 Å². The van der Waals surface area contributed by atoms with Crippen LogP contribution < -0.4 is 10.1 Å². The topological polar surface area (TPSA) is 24.5 Å². The second-order valence-corrected chi connectivity index (χ2v) is 6.24. The zero-order valence-electron chi connectivity index (χ0n) is 11.6. The van der Waals surface area contributed by atoms with Gasteiger partial charge in [-0.15, -0.1) is 0 Å². The fraction of sp³-hybridized carbons (Fsp3) is 0.600. The number of rotatable bonds is 6. The van der Waals surface area contributed by atoms with Gasteiger partial charge >= 0.3 is 0 Å². The number of halogens is 1. The Labute approximate surface area is 129 Å². The average molecular weight is 374 g/mol. The van der Waals surface area contributed by atoms with Gasteiger partial charge < -0.3 is 15.0 Å². The Morgan fingerprint density at radius 3 is 2.79 bits per heavy atom. The summed E-state index contributed by atoms with van der Waals surface area (Å²) in [5.74, 6) is 1.02. The summed E-state index contributed by atoms with van der Waals surface area (Å²) >= 11 is 2.34. The lowest BCUT2D eigenvalue weighted by Gasteiger charge is -2.27. The van der Waals surface area contributed by atoms with Crippen LogP contribution in [0.3, 0.4) is 0 Å². The smallest absolute Gasteiger partial charge is 0.132 e. The standard InChI is InChI=1S/C15H23IN2O/c1-13-4-5-15(14(16)12-13)19-11-3-2-8-18-9-6-17-7-10-18/h4-5,12,17H,2-3,6-11H2,1H3. The van der Waals surface area contributed by atoms with Crippen molar-refractivity contribution in [3.8, 4) is 5.75 Å². The summed E-state index contributed by atoms with van der Waals surface area (Å²) in [7, 11) is 0. The first-order chi connectivity index (χ1) is 9.25. The van der Waals surface area contributed by atoms with Crippen LogP contribution in [-0.2, 0) is 0 Å². The quantitative estimate of drug-likeness (QED) is 0.612. The van der Waals surface area contributed by atoms with E-state index in [1.54, 1.807) is 0 Å². The number of aryl methyl sites for hydroxylation is 1. The zero-order valence-corrected chi connectivity index (χ0v) is 13.8. The fourth-order valence-corrected chi connectivity index (χ4v) is 3.10. The maximum atomic E-state index is 5.84. The summed E-state index contributed by atoms with van der Waals surface area (Å²) in [4.78, 5) is 2.53. The van der Waals surface area contributed by atoms with Crippen LogP contribution in [0, 0.1) is 10.5 Å². The van der Waals surface area contributed by atoms with Gasteiger partial charge in [-0.2, -0.15) is 0 Å². The monoisotopic (exact) mass is 374 g/mol. The minimum absolute atomic E-state index is 0.825. The Bertz CT molecular complexity index is 392. The van der Waals surface area contributed by atoms with Crippen molar-refractivity contribution in [1.82, 2.24) is 10.2 Å². The van der Waals surface area contributed by atoms with Gasteiger partial charge in [-0.05, 0) is 66.6 Å². The Morgan fingerprint density at radius 2 is 2.05 bits per heavy atom. The van der Waals surface area contributed by atoms with Crippen LogP contribution in [0.2, 0.25) is 0 Å². The predicted molar refractivity (Wildman–Crippen MR) is 87.9 cm³/mol. The SMILES string of the molecule is Cc1ccc(OCCCCN2CCNCC2)c(I)c1. The van der Waals surface area contributed by atoms with Gasteiger partial charge in [0.2, 0.25) is 0 Å². The molecule has 19 heavy (non-hydrogen) atoms. The molecule has 2 rings (SSSR count). The van der Waals surface area contributed by atoms with E-state index in [1.165, 1.54) is 35.2 Å². The molecule has 0 aromatic heterocycles. The second-order valence-electron chi connectivity index (χ2n) is 5.08. The molecular formula is C15H23IN2O. The number of nitrogens with zero attached hydrogens (tertiary/aromatic N) is 1. The van der Waals surface area contributed by atoms with Crippen LogP contribution >= 0.6 is 22.6 Å². The molecule has 0 amide bonds. The molecule has 0 saturated carbocycles. The van der Waals surface area contributed by atoms with E-state index in [2.05, 4.69) is 57.9 Å². The molecule has 1 saturated heterocycles. The molecule has 1 N–H and O–H groups in total. The van der Waals surface area contributed by atoms with E-state index in [4.69, 9.17) is 4.74 Å². The number of piperazine rings is 1. The lowest BCUT2D eigenvalue weighted by atomic mass is 10.2. The van der Waals surface area contributed by atoms with Crippen LogP contribution in [-0.4, -0.2) is 44.2 Å². The molecule has 1 fully saturated rings. The van der Waals surface area contributed by atoms with Crippen LogP contribution in [0.25, 0.3) is 0 Å². The first-order valence-corrected chi connectivity index (χ1v) is 8.15. The van der Waals surface area contributed by atoms with Gasteiger partial charge in [-0.1, -0.05) is 6.07 Å². The number of hydrogen-bond donors (Lipinski definition) is 1. The Kier molecular flexibility index (Phi) is 6.40. The highest BCUT2D eigenvalue weighted by molar-refractivity contribution is 14.1. The summed E-state index contributed by atoms with van der Waals surface area (Å²) in [6, 6.07) is 6.35. The van der Waals surface area contributed by atoms with Crippen molar-refractivity contribution < 1.29 is 4.74 Å². The maximum Gasteiger partial charge on any atom is 0.132 e. The van der Waals surface area contributed by atoms with Crippen molar-refractivity contribution in [1.29, 1.82) is 0 Å². The molecule has 1 aromatic carbocycles. The van der Waals surface area contributed by atoms with E-state index in [9.17, 15) is 0 Å². The third-order valence-electron chi connectivity index (χ3n) is 3.42. The third kappa shape index (κ3) is 5.28. The molecule has 1 aliphatic rings.